The Morgan fingerprint density at radius 1 is 1.36 bits per heavy atom. The van der Waals surface area contributed by atoms with Gasteiger partial charge in [0.25, 0.3) is 0 Å². The minimum atomic E-state index is -4.23. The summed E-state index contributed by atoms with van der Waals surface area (Å²) in [6, 6.07) is 0.539. The van der Waals surface area contributed by atoms with Crippen LogP contribution in [0.2, 0.25) is 4.34 Å². The van der Waals surface area contributed by atoms with E-state index in [0.29, 0.717) is 0 Å². The van der Waals surface area contributed by atoms with Gasteiger partial charge in [-0.2, -0.15) is 8.78 Å². The van der Waals surface area contributed by atoms with E-state index in [1.54, 1.807) is 0 Å². The molecule has 0 aromatic carbocycles. The molecule has 0 bridgehead atoms. The van der Waals surface area contributed by atoms with E-state index in [2.05, 4.69) is 0 Å². The maximum absolute atomic E-state index is 12.7. The Bertz CT molecular complexity index is 314. The fourth-order valence-electron chi connectivity index (χ4n) is 0.821. The molecule has 1 unspecified atom stereocenters. The number of halogens is 5. The van der Waals surface area contributed by atoms with Gasteiger partial charge >= 0.3 is 12.3 Å². The molecule has 1 heterocycles. The highest BCUT2D eigenvalue weighted by molar-refractivity contribution is 7.16. The largest absolute Gasteiger partial charge is 0.327 e. The van der Waals surface area contributed by atoms with Crippen molar-refractivity contribution in [1.82, 2.24) is 0 Å². The summed E-state index contributed by atoms with van der Waals surface area (Å²) in [5.41, 5.74) is 5.01. The molecule has 0 saturated heterocycles. The van der Waals surface area contributed by atoms with Crippen molar-refractivity contribution in [2.45, 2.75) is 18.4 Å². The number of hydrogen-bond donors (Lipinski definition) is 1. The van der Waals surface area contributed by atoms with Crippen molar-refractivity contribution in [1.29, 1.82) is 0 Å². The van der Waals surface area contributed by atoms with Gasteiger partial charge in [-0.1, -0.05) is 11.6 Å². The Kier molecular flexibility index (Phi) is 3.39. The van der Waals surface area contributed by atoms with Crippen molar-refractivity contribution in [2.75, 3.05) is 0 Å². The molecule has 14 heavy (non-hydrogen) atoms. The van der Waals surface area contributed by atoms with Crippen LogP contribution in [0.15, 0.2) is 12.1 Å². The van der Waals surface area contributed by atoms with E-state index in [4.69, 9.17) is 17.3 Å². The summed E-state index contributed by atoms with van der Waals surface area (Å²) < 4.78 is 49.5. The lowest BCUT2D eigenvalue weighted by Crippen LogP contribution is -2.38. The average Bonchev–Trinajstić information content (AvgIpc) is 2.50. The summed E-state index contributed by atoms with van der Waals surface area (Å²) in [6.07, 6.45) is -3.78. The van der Waals surface area contributed by atoms with E-state index in [1.807, 2.05) is 0 Å². The van der Waals surface area contributed by atoms with E-state index < -0.39 is 18.4 Å². The standard InChI is InChI=1S/C7H6ClF4NS/c8-4-2-1-3(14-4)5(13)7(11,12)6(9)10/h1-2,5-6H,13H2. The van der Waals surface area contributed by atoms with E-state index in [-0.39, 0.29) is 9.21 Å². The van der Waals surface area contributed by atoms with Gasteiger partial charge < -0.3 is 5.73 Å². The van der Waals surface area contributed by atoms with E-state index in [1.165, 1.54) is 12.1 Å². The number of rotatable bonds is 3. The van der Waals surface area contributed by atoms with Crippen molar-refractivity contribution >= 4 is 22.9 Å². The van der Waals surface area contributed by atoms with E-state index in [9.17, 15) is 17.6 Å². The predicted octanol–water partition coefficient (Wildman–Crippen LogP) is 3.30. The SMILES string of the molecule is NC(c1ccc(Cl)s1)C(F)(F)C(F)F. The maximum atomic E-state index is 12.7. The summed E-state index contributed by atoms with van der Waals surface area (Å²) in [5, 5.41) is 0. The van der Waals surface area contributed by atoms with Crippen LogP contribution in [-0.4, -0.2) is 12.3 Å². The van der Waals surface area contributed by atoms with Gasteiger partial charge in [-0.3, -0.25) is 0 Å². The van der Waals surface area contributed by atoms with Gasteiger partial charge in [-0.15, -0.1) is 11.3 Å². The van der Waals surface area contributed by atoms with Crippen LogP contribution in [-0.2, 0) is 0 Å². The van der Waals surface area contributed by atoms with Crippen molar-refractivity contribution in [3.8, 4) is 0 Å². The van der Waals surface area contributed by atoms with Crippen LogP contribution < -0.4 is 5.73 Å². The van der Waals surface area contributed by atoms with Crippen LogP contribution in [0.25, 0.3) is 0 Å². The zero-order valence-electron chi connectivity index (χ0n) is 6.68. The molecule has 0 amide bonds. The number of hydrogen-bond acceptors (Lipinski definition) is 2. The summed E-state index contributed by atoms with van der Waals surface area (Å²) in [7, 11) is 0. The van der Waals surface area contributed by atoms with Crippen molar-refractivity contribution < 1.29 is 17.6 Å². The zero-order chi connectivity index (χ0) is 10.9. The highest BCUT2D eigenvalue weighted by atomic mass is 35.5. The first-order chi connectivity index (χ1) is 6.35. The monoisotopic (exact) mass is 247 g/mol. The Labute approximate surface area is 86.5 Å². The molecule has 2 N–H and O–H groups in total. The molecule has 0 saturated carbocycles. The average molecular weight is 248 g/mol. The molecule has 1 atom stereocenters. The van der Waals surface area contributed by atoms with Crippen LogP contribution in [0.3, 0.4) is 0 Å². The third kappa shape index (κ3) is 2.18. The number of thiophene rings is 1. The lowest BCUT2D eigenvalue weighted by molar-refractivity contribution is -0.143. The maximum Gasteiger partial charge on any atom is 0.327 e. The van der Waals surface area contributed by atoms with Crippen LogP contribution in [0, 0.1) is 0 Å². The third-order valence-corrected chi connectivity index (χ3v) is 2.92. The van der Waals surface area contributed by atoms with Gasteiger partial charge in [0.1, 0.15) is 6.04 Å². The number of alkyl halides is 4. The first-order valence-electron chi connectivity index (χ1n) is 3.52. The molecule has 1 rings (SSSR count). The Balaban J connectivity index is 2.89. The molecule has 0 radical (unpaired) electrons. The van der Waals surface area contributed by atoms with Crippen molar-refractivity contribution in [3.05, 3.63) is 21.3 Å². The Hall–Kier alpha value is -0.330. The lowest BCUT2D eigenvalue weighted by Gasteiger charge is -2.21. The second-order valence-corrected chi connectivity index (χ2v) is 4.34. The molecular formula is C7H6ClF4NS. The summed E-state index contributed by atoms with van der Waals surface area (Å²) in [4.78, 5) is -0.0553. The fourth-order valence-corrected chi connectivity index (χ4v) is 1.93. The molecule has 7 heteroatoms. The van der Waals surface area contributed by atoms with Crippen molar-refractivity contribution in [2.24, 2.45) is 5.73 Å². The van der Waals surface area contributed by atoms with Gasteiger partial charge in [0.15, 0.2) is 0 Å². The first kappa shape index (κ1) is 11.7. The van der Waals surface area contributed by atoms with Gasteiger partial charge in [0, 0.05) is 4.88 Å². The van der Waals surface area contributed by atoms with Crippen LogP contribution in [0.4, 0.5) is 17.6 Å². The molecule has 1 nitrogen and oxygen atoms in total. The first-order valence-corrected chi connectivity index (χ1v) is 4.72. The smallest absolute Gasteiger partial charge is 0.318 e. The van der Waals surface area contributed by atoms with Gasteiger partial charge in [0.2, 0.25) is 0 Å². The van der Waals surface area contributed by atoms with Gasteiger partial charge in [-0.25, -0.2) is 8.78 Å². The summed E-state index contributed by atoms with van der Waals surface area (Å²) >= 11 is 6.23. The minimum absolute atomic E-state index is 0.0553. The molecule has 0 spiro atoms. The highest BCUT2D eigenvalue weighted by Gasteiger charge is 2.48. The lowest BCUT2D eigenvalue weighted by atomic mass is 10.1. The van der Waals surface area contributed by atoms with Crippen LogP contribution >= 0.6 is 22.9 Å². The van der Waals surface area contributed by atoms with E-state index >= 15 is 0 Å². The van der Waals surface area contributed by atoms with Gasteiger partial charge in [0.05, 0.1) is 4.34 Å². The molecule has 0 aliphatic carbocycles. The predicted molar refractivity (Wildman–Crippen MR) is 47.2 cm³/mol. The van der Waals surface area contributed by atoms with Crippen LogP contribution in [0.1, 0.15) is 10.9 Å². The third-order valence-electron chi connectivity index (χ3n) is 1.61. The summed E-state index contributed by atoms with van der Waals surface area (Å²) in [6.45, 7) is 0. The minimum Gasteiger partial charge on any atom is -0.318 e. The summed E-state index contributed by atoms with van der Waals surface area (Å²) in [5.74, 6) is -4.23. The van der Waals surface area contributed by atoms with E-state index in [0.717, 1.165) is 11.3 Å². The highest BCUT2D eigenvalue weighted by Crippen LogP contribution is 2.38. The van der Waals surface area contributed by atoms with Crippen molar-refractivity contribution in [3.63, 3.8) is 0 Å². The van der Waals surface area contributed by atoms with Gasteiger partial charge in [-0.05, 0) is 12.1 Å². The molecule has 0 aliphatic rings. The molecule has 0 fully saturated rings. The zero-order valence-corrected chi connectivity index (χ0v) is 8.26. The fraction of sp³-hybridized carbons (Fsp3) is 0.429. The topological polar surface area (TPSA) is 26.0 Å². The molecule has 0 aliphatic heterocycles. The number of nitrogens with two attached hydrogens (primary N) is 1. The second-order valence-electron chi connectivity index (χ2n) is 2.59. The molecule has 1 aromatic rings. The normalized spacial score (nSPS) is 14.8. The Morgan fingerprint density at radius 3 is 2.29 bits per heavy atom. The molecule has 80 valence electrons. The van der Waals surface area contributed by atoms with Crippen LogP contribution in [0.5, 0.6) is 0 Å². The molecular weight excluding hydrogens is 242 g/mol. The molecule has 1 aromatic heterocycles. The quantitative estimate of drug-likeness (QED) is 0.815. The Morgan fingerprint density at radius 2 is 1.93 bits per heavy atom. The second kappa shape index (κ2) is 4.04.